The number of ether oxygens (including phenoxy) is 2. The van der Waals surface area contributed by atoms with Crippen molar-refractivity contribution in [3.63, 3.8) is 0 Å². The molecule has 4 aromatic rings. The van der Waals surface area contributed by atoms with Crippen LogP contribution >= 0.6 is 0 Å². The molecule has 0 aliphatic heterocycles. The second-order valence-electron chi connectivity index (χ2n) is 8.13. The van der Waals surface area contributed by atoms with E-state index in [1.165, 1.54) is 6.08 Å². The molecule has 4 rings (SSSR count). The fourth-order valence-electron chi connectivity index (χ4n) is 3.72. The van der Waals surface area contributed by atoms with E-state index in [0.717, 1.165) is 39.7 Å². The van der Waals surface area contributed by atoms with Crippen LogP contribution in [0.5, 0.6) is 11.5 Å². The Balaban J connectivity index is 1.58. The Labute approximate surface area is 221 Å². The van der Waals surface area contributed by atoms with Crippen LogP contribution in [0, 0.1) is 23.2 Å². The number of methoxy groups -OCH3 is 2. The van der Waals surface area contributed by atoms with Gasteiger partial charge in [0.05, 0.1) is 14.2 Å². The molecule has 0 amide bonds. The van der Waals surface area contributed by atoms with Gasteiger partial charge in [-0.25, -0.2) is 4.79 Å². The predicted octanol–water partition coefficient (Wildman–Crippen LogP) is 6.56. The van der Waals surface area contributed by atoms with Gasteiger partial charge in [0.25, 0.3) is 0 Å². The van der Waals surface area contributed by atoms with Crippen LogP contribution in [0.3, 0.4) is 0 Å². The first-order valence-electron chi connectivity index (χ1n) is 11.7. The number of carbonyl (C=O) groups is 1. The maximum Gasteiger partial charge on any atom is 0.346 e. The minimum absolute atomic E-state index is 0.317. The molecule has 0 unspecified atom stereocenters. The van der Waals surface area contributed by atoms with Gasteiger partial charge in [0.15, 0.2) is 0 Å². The lowest BCUT2D eigenvalue weighted by Crippen LogP contribution is -2.09. The standard InChI is InChI=1S/C32H24N2O4/c1-37-30-17-13-28(14-18-30)34(29-15-19-31(38-2)20-16-29)27-11-9-24(10-12-27)4-3-23-5-7-25(8-6-23)21-26(22-33)32(35)36/h5-21H,1-2H3,(H,35,36)/b26-21+. The second-order valence-corrected chi connectivity index (χ2v) is 8.13. The first kappa shape index (κ1) is 25.6. The van der Waals surface area contributed by atoms with Crippen molar-refractivity contribution in [2.75, 3.05) is 19.1 Å². The van der Waals surface area contributed by atoms with Crippen molar-refractivity contribution in [2.24, 2.45) is 0 Å². The van der Waals surface area contributed by atoms with E-state index in [1.807, 2.05) is 72.8 Å². The van der Waals surface area contributed by atoms with Crippen LogP contribution < -0.4 is 14.4 Å². The van der Waals surface area contributed by atoms with Gasteiger partial charge in [0, 0.05) is 28.2 Å². The van der Waals surface area contributed by atoms with Crippen LogP contribution in [0.1, 0.15) is 16.7 Å². The monoisotopic (exact) mass is 500 g/mol. The van der Waals surface area contributed by atoms with E-state index in [4.69, 9.17) is 19.8 Å². The van der Waals surface area contributed by atoms with Gasteiger partial charge >= 0.3 is 5.97 Å². The van der Waals surface area contributed by atoms with E-state index < -0.39 is 5.97 Å². The summed E-state index contributed by atoms with van der Waals surface area (Å²) in [5, 5.41) is 17.9. The van der Waals surface area contributed by atoms with Gasteiger partial charge in [-0.2, -0.15) is 5.26 Å². The van der Waals surface area contributed by atoms with Crippen molar-refractivity contribution in [3.05, 3.63) is 119 Å². The summed E-state index contributed by atoms with van der Waals surface area (Å²) in [6, 6.07) is 32.4. The lowest BCUT2D eigenvalue weighted by atomic mass is 10.1. The van der Waals surface area contributed by atoms with Gasteiger partial charge in [0.2, 0.25) is 0 Å². The fourth-order valence-corrected chi connectivity index (χ4v) is 3.72. The number of nitriles is 1. The van der Waals surface area contributed by atoms with Crippen molar-refractivity contribution in [3.8, 4) is 29.4 Å². The molecule has 6 heteroatoms. The van der Waals surface area contributed by atoms with Gasteiger partial charge in [0.1, 0.15) is 23.1 Å². The number of rotatable bonds is 7. The fraction of sp³-hybridized carbons (Fsp3) is 0.0625. The van der Waals surface area contributed by atoms with Crippen molar-refractivity contribution >= 4 is 29.1 Å². The van der Waals surface area contributed by atoms with Crippen LogP contribution in [-0.4, -0.2) is 25.3 Å². The molecule has 0 heterocycles. The van der Waals surface area contributed by atoms with Gasteiger partial charge < -0.3 is 19.5 Å². The number of hydrogen-bond acceptors (Lipinski definition) is 5. The van der Waals surface area contributed by atoms with E-state index >= 15 is 0 Å². The third kappa shape index (κ3) is 6.20. The minimum atomic E-state index is -1.25. The van der Waals surface area contributed by atoms with Gasteiger partial charge in [-0.15, -0.1) is 0 Å². The molecule has 0 radical (unpaired) electrons. The molecule has 0 fully saturated rings. The Morgan fingerprint density at radius 2 is 1.11 bits per heavy atom. The maximum atomic E-state index is 11.0. The zero-order valence-corrected chi connectivity index (χ0v) is 20.9. The number of hydrogen-bond donors (Lipinski definition) is 1. The number of benzene rings is 4. The van der Waals surface area contributed by atoms with Crippen LogP contribution in [-0.2, 0) is 4.79 Å². The van der Waals surface area contributed by atoms with Crippen molar-refractivity contribution < 1.29 is 19.4 Å². The molecule has 0 saturated carbocycles. The predicted molar refractivity (Wildman–Crippen MR) is 148 cm³/mol. The molecule has 0 saturated heterocycles. The Kier molecular flexibility index (Phi) is 8.08. The third-order valence-electron chi connectivity index (χ3n) is 5.71. The van der Waals surface area contributed by atoms with E-state index in [9.17, 15) is 4.79 Å². The summed E-state index contributed by atoms with van der Waals surface area (Å²) in [5.74, 6) is 6.60. The van der Waals surface area contributed by atoms with Crippen LogP contribution in [0.2, 0.25) is 0 Å². The number of carboxylic acid groups (broad SMARTS) is 1. The summed E-state index contributed by atoms with van der Waals surface area (Å²) >= 11 is 0. The third-order valence-corrected chi connectivity index (χ3v) is 5.71. The van der Waals surface area contributed by atoms with Crippen molar-refractivity contribution in [1.29, 1.82) is 5.26 Å². The molecule has 186 valence electrons. The van der Waals surface area contributed by atoms with E-state index in [1.54, 1.807) is 44.6 Å². The summed E-state index contributed by atoms with van der Waals surface area (Å²) in [4.78, 5) is 13.1. The number of aliphatic carboxylic acids is 1. The zero-order valence-electron chi connectivity index (χ0n) is 20.9. The summed E-state index contributed by atoms with van der Waals surface area (Å²) < 4.78 is 10.6. The van der Waals surface area contributed by atoms with E-state index in [2.05, 4.69) is 16.7 Å². The molecular formula is C32H24N2O4. The molecule has 1 N–H and O–H groups in total. The lowest BCUT2D eigenvalue weighted by Gasteiger charge is -2.25. The first-order chi connectivity index (χ1) is 18.5. The van der Waals surface area contributed by atoms with Gasteiger partial charge in [-0.05, 0) is 96.6 Å². The van der Waals surface area contributed by atoms with Gasteiger partial charge in [-0.1, -0.05) is 24.0 Å². The highest BCUT2D eigenvalue weighted by molar-refractivity contribution is 5.96. The topological polar surface area (TPSA) is 82.8 Å². The second kappa shape index (κ2) is 12.0. The Hall–Kier alpha value is -5.46. The first-order valence-corrected chi connectivity index (χ1v) is 11.7. The number of nitrogens with zero attached hydrogens (tertiary/aromatic N) is 2. The quantitative estimate of drug-likeness (QED) is 0.176. The molecule has 0 atom stereocenters. The molecular weight excluding hydrogens is 476 g/mol. The summed E-state index contributed by atoms with van der Waals surface area (Å²) in [6.07, 6.45) is 1.33. The molecule has 4 aromatic carbocycles. The molecule has 0 spiro atoms. The largest absolute Gasteiger partial charge is 0.497 e. The average Bonchev–Trinajstić information content (AvgIpc) is 2.96. The van der Waals surface area contributed by atoms with Crippen LogP contribution in [0.25, 0.3) is 6.08 Å². The van der Waals surface area contributed by atoms with Crippen LogP contribution in [0.4, 0.5) is 17.1 Å². The Morgan fingerprint density at radius 3 is 1.47 bits per heavy atom. The normalized spacial score (nSPS) is 10.5. The molecule has 0 aliphatic carbocycles. The molecule has 6 nitrogen and oxygen atoms in total. The summed E-state index contributed by atoms with van der Waals surface area (Å²) in [6.45, 7) is 0. The van der Waals surface area contributed by atoms with Crippen LogP contribution in [0.15, 0.2) is 103 Å². The highest BCUT2D eigenvalue weighted by atomic mass is 16.5. The number of anilines is 3. The van der Waals surface area contributed by atoms with Crippen molar-refractivity contribution in [1.82, 2.24) is 0 Å². The van der Waals surface area contributed by atoms with Gasteiger partial charge in [-0.3, -0.25) is 0 Å². The highest BCUT2D eigenvalue weighted by Gasteiger charge is 2.13. The lowest BCUT2D eigenvalue weighted by molar-refractivity contribution is -0.132. The van der Waals surface area contributed by atoms with E-state index in [-0.39, 0.29) is 5.57 Å². The SMILES string of the molecule is COc1ccc(N(c2ccc(C#Cc3ccc(/C=C(\C#N)C(=O)O)cc3)cc2)c2ccc(OC)cc2)cc1. The summed E-state index contributed by atoms with van der Waals surface area (Å²) in [5.41, 5.74) is 4.85. The zero-order chi connectivity index (χ0) is 26.9. The molecule has 0 aromatic heterocycles. The minimum Gasteiger partial charge on any atom is -0.497 e. The van der Waals surface area contributed by atoms with Crippen molar-refractivity contribution in [2.45, 2.75) is 0 Å². The average molecular weight is 501 g/mol. The molecule has 0 bridgehead atoms. The number of carboxylic acids is 1. The molecule has 38 heavy (non-hydrogen) atoms. The molecule has 0 aliphatic rings. The smallest absolute Gasteiger partial charge is 0.346 e. The highest BCUT2D eigenvalue weighted by Crippen LogP contribution is 2.36. The summed E-state index contributed by atoms with van der Waals surface area (Å²) in [7, 11) is 3.29. The Morgan fingerprint density at radius 1 is 0.711 bits per heavy atom. The van der Waals surface area contributed by atoms with E-state index in [0.29, 0.717) is 5.56 Å². The maximum absolute atomic E-state index is 11.0. The Bertz CT molecular complexity index is 1490.